The van der Waals surface area contributed by atoms with Crippen LogP contribution in [0.4, 0.5) is 4.39 Å². The van der Waals surface area contributed by atoms with E-state index < -0.39 is 11.6 Å². The molecule has 1 atom stereocenters. The Morgan fingerprint density at radius 1 is 0.718 bits per heavy atom. The highest BCUT2D eigenvalue weighted by atomic mass is 19.1. The van der Waals surface area contributed by atoms with Crippen molar-refractivity contribution in [2.24, 2.45) is 0 Å². The van der Waals surface area contributed by atoms with Gasteiger partial charge in [0.25, 0.3) is 0 Å². The lowest BCUT2D eigenvalue weighted by molar-refractivity contribution is -0.147. The van der Waals surface area contributed by atoms with Crippen LogP contribution in [0.2, 0.25) is 0 Å². The Hall–Kier alpha value is -3.08. The topological polar surface area (TPSA) is 52.1 Å². The van der Waals surface area contributed by atoms with Gasteiger partial charge in [-0.3, -0.25) is 0 Å². The van der Waals surface area contributed by atoms with Crippen LogP contribution in [-0.4, -0.2) is 21.6 Å². The lowest BCUT2D eigenvalue weighted by atomic mass is 10.0. The van der Waals surface area contributed by atoms with E-state index in [9.17, 15) is 9.18 Å². The van der Waals surface area contributed by atoms with Crippen LogP contribution in [0, 0.1) is 0 Å². The van der Waals surface area contributed by atoms with Gasteiger partial charge in [0.15, 0.2) is 5.82 Å². The van der Waals surface area contributed by atoms with Crippen molar-refractivity contribution in [3.05, 3.63) is 66.5 Å². The van der Waals surface area contributed by atoms with Gasteiger partial charge in [0.2, 0.25) is 5.67 Å². The molecule has 4 nitrogen and oxygen atoms in total. The van der Waals surface area contributed by atoms with Crippen LogP contribution in [0.1, 0.15) is 103 Å². The molecule has 0 amide bonds. The summed E-state index contributed by atoms with van der Waals surface area (Å²) >= 11 is 0. The summed E-state index contributed by atoms with van der Waals surface area (Å²) in [6.45, 7) is 5.60. The molecule has 0 aliphatic carbocycles. The molecule has 0 aliphatic heterocycles. The largest absolute Gasteiger partial charge is 0.424 e. The molecule has 0 aliphatic rings. The summed E-state index contributed by atoms with van der Waals surface area (Å²) in [5.41, 5.74) is 2.24. The lowest BCUT2D eigenvalue weighted by Gasteiger charge is -2.18. The maximum atomic E-state index is 14.7. The third-order valence-corrected chi connectivity index (χ3v) is 7.26. The zero-order valence-electron chi connectivity index (χ0n) is 24.1. The van der Waals surface area contributed by atoms with Crippen molar-refractivity contribution in [1.29, 1.82) is 0 Å². The van der Waals surface area contributed by atoms with Gasteiger partial charge in [0.05, 0.1) is 0 Å². The third-order valence-electron chi connectivity index (χ3n) is 7.26. The quantitative estimate of drug-likeness (QED) is 0.0986. The first-order chi connectivity index (χ1) is 18.9. The number of rotatable bonds is 17. The third kappa shape index (κ3) is 10.2. The molecule has 3 aromatic rings. The molecule has 0 fully saturated rings. The summed E-state index contributed by atoms with van der Waals surface area (Å²) in [7, 11) is 0. The standard InChI is InChI=1S/C34H45FN2O2/c1-4-6-8-9-10-11-12-13-15-27-16-18-28(19-17-27)30-25-36-32(37-26-30)29-20-22-31(23-21-29)39-33(38)34(3,35)24-14-7-5-2/h16-23,25-26H,4-15,24H2,1-3H3. The van der Waals surface area contributed by atoms with Crippen LogP contribution in [-0.2, 0) is 11.2 Å². The first-order valence-corrected chi connectivity index (χ1v) is 14.9. The molecule has 1 unspecified atom stereocenters. The van der Waals surface area contributed by atoms with Gasteiger partial charge in [-0.2, -0.15) is 0 Å². The smallest absolute Gasteiger partial charge is 0.348 e. The Labute approximate surface area is 234 Å². The van der Waals surface area contributed by atoms with E-state index in [0.717, 1.165) is 36.0 Å². The average Bonchev–Trinajstić information content (AvgIpc) is 2.95. The minimum Gasteiger partial charge on any atom is -0.424 e. The summed E-state index contributed by atoms with van der Waals surface area (Å²) in [5.74, 6) is 0.0421. The number of alkyl halides is 1. The van der Waals surface area contributed by atoms with Crippen molar-refractivity contribution in [2.75, 3.05) is 0 Å². The van der Waals surface area contributed by atoms with Gasteiger partial charge in [0, 0.05) is 23.5 Å². The first kappa shape index (κ1) is 30.5. The van der Waals surface area contributed by atoms with Crippen LogP contribution in [0.5, 0.6) is 5.75 Å². The molecule has 39 heavy (non-hydrogen) atoms. The van der Waals surface area contributed by atoms with Crippen LogP contribution >= 0.6 is 0 Å². The molecule has 0 saturated carbocycles. The van der Waals surface area contributed by atoms with Crippen LogP contribution < -0.4 is 4.74 Å². The maximum absolute atomic E-state index is 14.7. The SMILES string of the molecule is CCCCCCCCCCc1ccc(-c2cnc(-c3ccc(OC(=O)C(C)(F)CCCCC)cc3)nc2)cc1. The fourth-order valence-corrected chi connectivity index (χ4v) is 4.65. The predicted molar refractivity (Wildman–Crippen MR) is 159 cm³/mol. The number of esters is 1. The molecular formula is C34H45FN2O2. The number of carbonyl (C=O) groups is 1. The lowest BCUT2D eigenvalue weighted by Crippen LogP contribution is -2.34. The second kappa shape index (κ2) is 16.1. The Bertz CT molecular complexity index is 1110. The number of hydrogen-bond acceptors (Lipinski definition) is 4. The van der Waals surface area contributed by atoms with E-state index in [1.807, 2.05) is 19.3 Å². The molecule has 1 aromatic heterocycles. The Kier molecular flexibility index (Phi) is 12.6. The van der Waals surface area contributed by atoms with Gasteiger partial charge in [0.1, 0.15) is 5.75 Å². The zero-order chi connectivity index (χ0) is 27.9. The van der Waals surface area contributed by atoms with Gasteiger partial charge in [-0.1, -0.05) is 95.9 Å². The van der Waals surface area contributed by atoms with Gasteiger partial charge in [-0.25, -0.2) is 19.2 Å². The molecule has 0 saturated heterocycles. The van der Waals surface area contributed by atoms with Crippen LogP contribution in [0.25, 0.3) is 22.5 Å². The summed E-state index contributed by atoms with van der Waals surface area (Å²) in [6.07, 6.45) is 18.2. The van der Waals surface area contributed by atoms with E-state index in [1.54, 1.807) is 24.3 Å². The Balaban J connectivity index is 1.48. The second-order valence-electron chi connectivity index (χ2n) is 10.8. The van der Waals surface area contributed by atoms with E-state index in [2.05, 4.69) is 41.2 Å². The van der Waals surface area contributed by atoms with E-state index in [4.69, 9.17) is 4.74 Å². The second-order valence-corrected chi connectivity index (χ2v) is 10.8. The van der Waals surface area contributed by atoms with Crippen molar-refractivity contribution < 1.29 is 13.9 Å². The molecule has 3 rings (SSSR count). The van der Waals surface area contributed by atoms with E-state index in [-0.39, 0.29) is 6.42 Å². The summed E-state index contributed by atoms with van der Waals surface area (Å²) < 4.78 is 20.0. The molecule has 0 radical (unpaired) electrons. The number of carbonyl (C=O) groups excluding carboxylic acids is 1. The molecular weight excluding hydrogens is 487 g/mol. The van der Waals surface area contributed by atoms with Gasteiger partial charge < -0.3 is 4.74 Å². The number of halogens is 1. The number of unbranched alkanes of at least 4 members (excludes halogenated alkanes) is 9. The van der Waals surface area contributed by atoms with Crippen LogP contribution in [0.3, 0.4) is 0 Å². The predicted octanol–water partition coefficient (Wildman–Crippen LogP) is 9.71. The molecule has 0 N–H and O–H groups in total. The number of nitrogens with zero attached hydrogens (tertiary/aromatic N) is 2. The number of aromatic nitrogens is 2. The Morgan fingerprint density at radius 2 is 1.26 bits per heavy atom. The van der Waals surface area contributed by atoms with E-state index >= 15 is 0 Å². The molecule has 5 heteroatoms. The fraction of sp³-hybridized carbons (Fsp3) is 0.500. The molecule has 0 bridgehead atoms. The minimum absolute atomic E-state index is 0.167. The molecule has 210 valence electrons. The Morgan fingerprint density at radius 3 is 1.87 bits per heavy atom. The number of benzene rings is 2. The number of hydrogen-bond donors (Lipinski definition) is 0. The normalized spacial score (nSPS) is 12.7. The fourth-order valence-electron chi connectivity index (χ4n) is 4.65. The summed E-state index contributed by atoms with van der Waals surface area (Å²) in [6, 6.07) is 15.6. The first-order valence-electron chi connectivity index (χ1n) is 14.9. The zero-order valence-corrected chi connectivity index (χ0v) is 24.1. The molecule has 0 spiro atoms. The van der Waals surface area contributed by atoms with Gasteiger partial charge in [-0.05, 0) is 68.0 Å². The van der Waals surface area contributed by atoms with Crippen molar-refractivity contribution in [2.45, 2.75) is 110 Å². The number of ether oxygens (including phenoxy) is 1. The number of aryl methyl sites for hydroxylation is 1. The van der Waals surface area contributed by atoms with Crippen molar-refractivity contribution in [3.63, 3.8) is 0 Å². The van der Waals surface area contributed by atoms with E-state index in [0.29, 0.717) is 18.0 Å². The highest BCUT2D eigenvalue weighted by Gasteiger charge is 2.34. The summed E-state index contributed by atoms with van der Waals surface area (Å²) in [4.78, 5) is 21.3. The van der Waals surface area contributed by atoms with Gasteiger partial charge >= 0.3 is 5.97 Å². The average molecular weight is 533 g/mol. The van der Waals surface area contributed by atoms with Crippen LogP contribution in [0.15, 0.2) is 60.9 Å². The van der Waals surface area contributed by atoms with Crippen molar-refractivity contribution in [1.82, 2.24) is 9.97 Å². The van der Waals surface area contributed by atoms with E-state index in [1.165, 1.54) is 63.9 Å². The molecule has 1 heterocycles. The van der Waals surface area contributed by atoms with Crippen molar-refractivity contribution >= 4 is 5.97 Å². The van der Waals surface area contributed by atoms with Gasteiger partial charge in [-0.15, -0.1) is 0 Å². The minimum atomic E-state index is -1.99. The highest BCUT2D eigenvalue weighted by Crippen LogP contribution is 2.26. The highest BCUT2D eigenvalue weighted by molar-refractivity contribution is 5.81. The van der Waals surface area contributed by atoms with Crippen molar-refractivity contribution in [3.8, 4) is 28.3 Å². The summed E-state index contributed by atoms with van der Waals surface area (Å²) in [5, 5.41) is 0. The maximum Gasteiger partial charge on any atom is 0.348 e. The monoisotopic (exact) mass is 532 g/mol. The molecule has 2 aromatic carbocycles.